The molecule has 0 aliphatic heterocycles. The fourth-order valence-corrected chi connectivity index (χ4v) is 2.04. The maximum Gasteiger partial charge on any atom is 0.293 e. The summed E-state index contributed by atoms with van der Waals surface area (Å²) in [6.45, 7) is 0. The third-order valence-corrected chi connectivity index (χ3v) is 3.47. The van der Waals surface area contributed by atoms with Gasteiger partial charge in [0.2, 0.25) is 21.8 Å². The Morgan fingerprint density at radius 1 is 1.40 bits per heavy atom. The van der Waals surface area contributed by atoms with Gasteiger partial charge in [0.05, 0.1) is 15.6 Å². The zero-order chi connectivity index (χ0) is 14.9. The molecular weight excluding hydrogens is 308 g/mol. The number of benzene rings is 1. The molecule has 0 saturated carbocycles. The van der Waals surface area contributed by atoms with Crippen molar-refractivity contribution in [1.29, 1.82) is 0 Å². The van der Waals surface area contributed by atoms with E-state index < -0.39 is 15.9 Å². The van der Waals surface area contributed by atoms with Gasteiger partial charge in [-0.25, -0.2) is 13.6 Å². The summed E-state index contributed by atoms with van der Waals surface area (Å²) < 4.78 is 22.5. The van der Waals surface area contributed by atoms with E-state index in [0.29, 0.717) is 0 Å². The molecule has 9 nitrogen and oxygen atoms in total. The molecule has 0 fully saturated rings. The molecule has 20 heavy (non-hydrogen) atoms. The second-order valence-electron chi connectivity index (χ2n) is 3.68. The molecule has 6 N–H and O–H groups in total. The first kappa shape index (κ1) is 14.2. The molecule has 1 aromatic carbocycles. The lowest BCUT2D eigenvalue weighted by atomic mass is 10.3. The number of halogens is 1. The topological polar surface area (TPSA) is 157 Å². The van der Waals surface area contributed by atoms with Crippen LogP contribution in [-0.4, -0.2) is 29.5 Å². The number of nitrogens with two attached hydrogens (primary N) is 2. The molecule has 0 spiro atoms. The first-order chi connectivity index (χ1) is 9.27. The minimum absolute atomic E-state index is 0.0677. The molecule has 106 valence electrons. The first-order valence-electron chi connectivity index (χ1n) is 5.09. The molecule has 0 aliphatic rings. The Morgan fingerprint density at radius 3 is 2.65 bits per heavy atom. The van der Waals surface area contributed by atoms with Gasteiger partial charge in [-0.1, -0.05) is 11.6 Å². The minimum atomic E-state index is -3.90. The number of nitrogens with zero attached hydrogens (tertiary/aromatic N) is 2. The van der Waals surface area contributed by atoms with Crippen molar-refractivity contribution in [2.24, 2.45) is 5.14 Å². The van der Waals surface area contributed by atoms with E-state index in [2.05, 4.69) is 20.5 Å². The number of sulfonamides is 1. The molecule has 0 unspecified atom stereocenters. The molecule has 1 amide bonds. The van der Waals surface area contributed by atoms with Crippen LogP contribution >= 0.6 is 11.6 Å². The summed E-state index contributed by atoms with van der Waals surface area (Å²) in [4.78, 5) is 15.2. The summed E-state index contributed by atoms with van der Waals surface area (Å²) in [6.07, 6.45) is 0. The van der Waals surface area contributed by atoms with E-state index in [9.17, 15) is 13.2 Å². The summed E-state index contributed by atoms with van der Waals surface area (Å²) in [5.74, 6) is -0.915. The third-order valence-electron chi connectivity index (χ3n) is 2.23. The predicted octanol–water partition coefficient (Wildman–Crippen LogP) is -0.0600. The van der Waals surface area contributed by atoms with Crippen LogP contribution in [0.3, 0.4) is 0 Å². The lowest BCUT2D eigenvalue weighted by Gasteiger charge is -2.07. The number of primary sulfonamides is 1. The molecular formula is C9H9ClN6O3S. The van der Waals surface area contributed by atoms with Gasteiger partial charge in [-0.15, -0.1) is 5.10 Å². The van der Waals surface area contributed by atoms with Gasteiger partial charge in [-0.2, -0.15) is 4.98 Å². The number of carbonyl (C=O) groups is 1. The monoisotopic (exact) mass is 316 g/mol. The summed E-state index contributed by atoms with van der Waals surface area (Å²) in [7, 11) is -3.90. The zero-order valence-electron chi connectivity index (χ0n) is 9.79. The Hall–Kier alpha value is -2.17. The van der Waals surface area contributed by atoms with Crippen LogP contribution in [0.2, 0.25) is 5.02 Å². The van der Waals surface area contributed by atoms with E-state index in [1.807, 2.05) is 0 Å². The van der Waals surface area contributed by atoms with E-state index in [-0.39, 0.29) is 27.4 Å². The van der Waals surface area contributed by atoms with E-state index in [1.165, 1.54) is 12.1 Å². The number of amides is 1. The maximum absolute atomic E-state index is 11.8. The normalized spacial score (nSPS) is 11.3. The Balaban J connectivity index is 2.31. The van der Waals surface area contributed by atoms with Gasteiger partial charge in [0.15, 0.2) is 0 Å². The van der Waals surface area contributed by atoms with Crippen LogP contribution in [0.25, 0.3) is 0 Å². The predicted molar refractivity (Wildman–Crippen MR) is 71.6 cm³/mol. The van der Waals surface area contributed by atoms with Gasteiger partial charge in [-0.3, -0.25) is 9.89 Å². The Labute approximate surface area is 118 Å². The SMILES string of the molecule is Nc1n[nH]c(C(=O)Nc2cc(S(N)(=O)=O)ccc2Cl)n1. The number of carbonyl (C=O) groups excluding carboxylic acids is 1. The van der Waals surface area contributed by atoms with Gasteiger partial charge in [0.1, 0.15) is 0 Å². The molecule has 1 aromatic heterocycles. The number of anilines is 2. The standard InChI is InChI=1S/C9H9ClN6O3S/c10-5-2-1-4(20(12,18)19)3-6(5)13-8(17)7-14-9(11)16-15-7/h1-3H,(H,13,17)(H2,12,18,19)(H3,11,14,15,16). The van der Waals surface area contributed by atoms with Gasteiger partial charge in [-0.05, 0) is 18.2 Å². The van der Waals surface area contributed by atoms with Crippen LogP contribution in [0.4, 0.5) is 11.6 Å². The Morgan fingerprint density at radius 2 is 2.10 bits per heavy atom. The largest absolute Gasteiger partial charge is 0.366 e. The van der Waals surface area contributed by atoms with Crippen molar-refractivity contribution in [2.75, 3.05) is 11.1 Å². The highest BCUT2D eigenvalue weighted by Gasteiger charge is 2.15. The quantitative estimate of drug-likeness (QED) is 0.621. The van der Waals surface area contributed by atoms with Gasteiger partial charge in [0.25, 0.3) is 5.91 Å². The number of H-pyrrole nitrogens is 1. The molecule has 2 aromatic rings. The number of rotatable bonds is 3. The van der Waals surface area contributed by atoms with E-state index >= 15 is 0 Å². The van der Waals surface area contributed by atoms with Crippen LogP contribution in [0.15, 0.2) is 23.1 Å². The number of nitrogens with one attached hydrogen (secondary N) is 2. The summed E-state index contributed by atoms with van der Waals surface area (Å²) >= 11 is 5.86. The maximum atomic E-state index is 11.8. The summed E-state index contributed by atoms with van der Waals surface area (Å²) in [5.41, 5.74) is 5.33. The van der Waals surface area contributed by atoms with Crippen LogP contribution in [0.1, 0.15) is 10.6 Å². The van der Waals surface area contributed by atoms with E-state index in [1.54, 1.807) is 0 Å². The number of aromatic amines is 1. The molecule has 0 atom stereocenters. The Bertz CT molecular complexity index is 772. The van der Waals surface area contributed by atoms with Gasteiger partial charge in [0, 0.05) is 0 Å². The molecule has 1 heterocycles. The second-order valence-corrected chi connectivity index (χ2v) is 5.65. The number of aromatic nitrogens is 3. The van der Waals surface area contributed by atoms with Crippen molar-refractivity contribution in [3.63, 3.8) is 0 Å². The van der Waals surface area contributed by atoms with Crippen molar-refractivity contribution in [1.82, 2.24) is 15.2 Å². The van der Waals surface area contributed by atoms with Crippen molar-refractivity contribution < 1.29 is 13.2 Å². The van der Waals surface area contributed by atoms with Crippen molar-refractivity contribution in [3.05, 3.63) is 29.0 Å². The zero-order valence-corrected chi connectivity index (χ0v) is 11.4. The van der Waals surface area contributed by atoms with E-state index in [0.717, 1.165) is 6.07 Å². The molecule has 2 rings (SSSR count). The number of nitrogen functional groups attached to an aromatic ring is 1. The molecule has 0 radical (unpaired) electrons. The average Bonchev–Trinajstić information content (AvgIpc) is 2.77. The fraction of sp³-hybridized carbons (Fsp3) is 0. The van der Waals surface area contributed by atoms with Crippen LogP contribution < -0.4 is 16.2 Å². The molecule has 0 bridgehead atoms. The van der Waals surface area contributed by atoms with E-state index in [4.69, 9.17) is 22.5 Å². The van der Waals surface area contributed by atoms with Crippen molar-refractivity contribution in [3.8, 4) is 0 Å². The van der Waals surface area contributed by atoms with Crippen molar-refractivity contribution in [2.45, 2.75) is 4.90 Å². The highest BCUT2D eigenvalue weighted by molar-refractivity contribution is 7.89. The molecule has 11 heteroatoms. The number of hydrogen-bond acceptors (Lipinski definition) is 6. The highest BCUT2D eigenvalue weighted by atomic mass is 35.5. The average molecular weight is 317 g/mol. The van der Waals surface area contributed by atoms with Crippen LogP contribution in [0.5, 0.6) is 0 Å². The Kier molecular flexibility index (Phi) is 3.61. The highest BCUT2D eigenvalue weighted by Crippen LogP contribution is 2.25. The summed E-state index contributed by atoms with van der Waals surface area (Å²) in [5, 5.41) is 13.3. The third kappa shape index (κ3) is 3.04. The first-order valence-corrected chi connectivity index (χ1v) is 7.01. The lowest BCUT2D eigenvalue weighted by Crippen LogP contribution is -2.16. The van der Waals surface area contributed by atoms with Gasteiger partial charge < -0.3 is 11.1 Å². The fourth-order valence-electron chi connectivity index (χ4n) is 1.33. The van der Waals surface area contributed by atoms with Crippen LogP contribution in [0, 0.1) is 0 Å². The van der Waals surface area contributed by atoms with Crippen LogP contribution in [-0.2, 0) is 10.0 Å². The lowest BCUT2D eigenvalue weighted by molar-refractivity contribution is 0.101. The molecule has 0 aliphatic carbocycles. The smallest absolute Gasteiger partial charge is 0.293 e. The van der Waals surface area contributed by atoms with Crippen molar-refractivity contribution >= 4 is 39.2 Å². The summed E-state index contributed by atoms with van der Waals surface area (Å²) in [6, 6.07) is 3.65. The van der Waals surface area contributed by atoms with Gasteiger partial charge >= 0.3 is 0 Å². The molecule has 0 saturated heterocycles. The minimum Gasteiger partial charge on any atom is -0.366 e. The number of hydrogen-bond donors (Lipinski definition) is 4. The second kappa shape index (κ2) is 5.07.